The fraction of sp³-hybridized carbons (Fsp3) is 0.308. The van der Waals surface area contributed by atoms with Gasteiger partial charge in [0.2, 0.25) is 0 Å². The molecule has 1 saturated heterocycles. The molecular formula is C13H13N5S. The third kappa shape index (κ3) is 1.71. The highest BCUT2D eigenvalue weighted by atomic mass is 32.1. The molecule has 4 rings (SSSR count). The van der Waals surface area contributed by atoms with Gasteiger partial charge in [0.25, 0.3) is 0 Å². The Morgan fingerprint density at radius 1 is 1.32 bits per heavy atom. The lowest BCUT2D eigenvalue weighted by Crippen LogP contribution is -2.23. The molecule has 0 unspecified atom stereocenters. The Hall–Kier alpha value is -1.95. The van der Waals surface area contributed by atoms with Gasteiger partial charge in [-0.3, -0.25) is 0 Å². The van der Waals surface area contributed by atoms with E-state index < -0.39 is 0 Å². The first-order valence-corrected chi connectivity index (χ1v) is 7.30. The topological polar surface area (TPSA) is 57.7 Å². The van der Waals surface area contributed by atoms with Gasteiger partial charge < -0.3 is 9.88 Å². The van der Waals surface area contributed by atoms with E-state index in [1.165, 1.54) is 18.4 Å². The molecule has 1 fully saturated rings. The van der Waals surface area contributed by atoms with Crippen LogP contribution in [0.4, 0.5) is 5.82 Å². The van der Waals surface area contributed by atoms with Gasteiger partial charge in [-0.15, -0.1) is 0 Å². The van der Waals surface area contributed by atoms with Crippen molar-refractivity contribution in [3.63, 3.8) is 0 Å². The molecule has 0 spiro atoms. The van der Waals surface area contributed by atoms with Crippen LogP contribution in [0, 0.1) is 0 Å². The van der Waals surface area contributed by atoms with Crippen molar-refractivity contribution in [1.82, 2.24) is 19.9 Å². The first-order chi connectivity index (χ1) is 9.43. The Kier molecular flexibility index (Phi) is 2.48. The van der Waals surface area contributed by atoms with Gasteiger partial charge in [0.1, 0.15) is 11.8 Å². The van der Waals surface area contributed by atoms with Crippen molar-refractivity contribution in [1.29, 1.82) is 0 Å². The summed E-state index contributed by atoms with van der Waals surface area (Å²) >= 11 is 1.75. The number of rotatable bonds is 2. The lowest BCUT2D eigenvalue weighted by molar-refractivity contribution is 0.715. The Balaban J connectivity index is 1.81. The van der Waals surface area contributed by atoms with Crippen molar-refractivity contribution in [3.05, 3.63) is 35.0 Å². The van der Waals surface area contributed by atoms with Gasteiger partial charge in [-0.05, 0) is 35.2 Å². The minimum absolute atomic E-state index is 0.424. The zero-order valence-corrected chi connectivity index (χ0v) is 11.1. The third-order valence-corrected chi connectivity index (χ3v) is 4.36. The molecule has 1 atom stereocenters. The van der Waals surface area contributed by atoms with E-state index >= 15 is 0 Å². The van der Waals surface area contributed by atoms with Gasteiger partial charge in [-0.25, -0.2) is 15.0 Å². The Morgan fingerprint density at radius 3 is 3.21 bits per heavy atom. The number of imidazole rings is 1. The van der Waals surface area contributed by atoms with Crippen LogP contribution < -0.4 is 4.90 Å². The molecule has 1 aliphatic rings. The van der Waals surface area contributed by atoms with Crippen LogP contribution in [0.5, 0.6) is 0 Å². The number of anilines is 1. The SMILES string of the molecule is c1nc(N2CCC[C@@H]2c2ccsc2)c2[nH]cnc2n1. The molecular weight excluding hydrogens is 258 g/mol. The predicted molar refractivity (Wildman–Crippen MR) is 75.3 cm³/mol. The molecule has 5 nitrogen and oxygen atoms in total. The summed E-state index contributed by atoms with van der Waals surface area (Å²) in [6, 6.07) is 2.63. The van der Waals surface area contributed by atoms with Crippen molar-refractivity contribution >= 4 is 28.3 Å². The molecule has 4 heterocycles. The van der Waals surface area contributed by atoms with Crippen LogP contribution in [0.25, 0.3) is 11.2 Å². The molecule has 0 bridgehead atoms. The summed E-state index contributed by atoms with van der Waals surface area (Å²) in [4.78, 5) is 18.4. The van der Waals surface area contributed by atoms with Crippen molar-refractivity contribution in [3.8, 4) is 0 Å². The zero-order chi connectivity index (χ0) is 12.7. The Labute approximate surface area is 114 Å². The fourth-order valence-corrected chi connectivity index (χ4v) is 3.51. The predicted octanol–water partition coefficient (Wildman–Crippen LogP) is 2.76. The molecule has 0 radical (unpaired) electrons. The highest BCUT2D eigenvalue weighted by molar-refractivity contribution is 7.08. The Morgan fingerprint density at radius 2 is 2.32 bits per heavy atom. The van der Waals surface area contributed by atoms with Crippen molar-refractivity contribution in [2.45, 2.75) is 18.9 Å². The van der Waals surface area contributed by atoms with Gasteiger partial charge in [0, 0.05) is 6.54 Å². The fourth-order valence-electron chi connectivity index (χ4n) is 2.80. The summed E-state index contributed by atoms with van der Waals surface area (Å²) < 4.78 is 0. The van der Waals surface area contributed by atoms with E-state index in [-0.39, 0.29) is 0 Å². The minimum atomic E-state index is 0.424. The van der Waals surface area contributed by atoms with Crippen LogP contribution in [-0.2, 0) is 0 Å². The molecule has 6 heteroatoms. The average molecular weight is 271 g/mol. The molecule has 19 heavy (non-hydrogen) atoms. The lowest BCUT2D eigenvalue weighted by Gasteiger charge is -2.25. The first kappa shape index (κ1) is 10.9. The van der Waals surface area contributed by atoms with E-state index in [1.807, 2.05) is 0 Å². The van der Waals surface area contributed by atoms with Crippen LogP contribution in [0.2, 0.25) is 0 Å². The summed E-state index contributed by atoms with van der Waals surface area (Å²) in [5.41, 5.74) is 3.05. The van der Waals surface area contributed by atoms with Crippen molar-refractivity contribution in [2.24, 2.45) is 0 Å². The number of fused-ring (bicyclic) bond motifs is 1. The van der Waals surface area contributed by atoms with Crippen LogP contribution in [-0.4, -0.2) is 26.5 Å². The minimum Gasteiger partial charge on any atom is -0.348 e. The number of aromatic amines is 1. The molecule has 3 aromatic rings. The number of H-pyrrole nitrogens is 1. The van der Waals surface area contributed by atoms with Gasteiger partial charge in [0.15, 0.2) is 11.5 Å². The molecule has 0 saturated carbocycles. The van der Waals surface area contributed by atoms with Gasteiger partial charge in [0.05, 0.1) is 12.4 Å². The molecule has 0 amide bonds. The van der Waals surface area contributed by atoms with Crippen molar-refractivity contribution < 1.29 is 0 Å². The van der Waals surface area contributed by atoms with Crippen molar-refractivity contribution in [2.75, 3.05) is 11.4 Å². The smallest absolute Gasteiger partial charge is 0.182 e. The van der Waals surface area contributed by atoms with E-state index in [4.69, 9.17) is 0 Å². The summed E-state index contributed by atoms with van der Waals surface area (Å²) in [7, 11) is 0. The number of nitrogens with one attached hydrogen (secondary N) is 1. The van der Waals surface area contributed by atoms with Crippen LogP contribution in [0.15, 0.2) is 29.5 Å². The maximum Gasteiger partial charge on any atom is 0.182 e. The molecule has 1 aliphatic heterocycles. The number of nitrogens with zero attached hydrogens (tertiary/aromatic N) is 4. The molecule has 96 valence electrons. The molecule has 3 aromatic heterocycles. The normalized spacial score (nSPS) is 19.4. The average Bonchev–Trinajstić information content (AvgIpc) is 3.18. The summed E-state index contributed by atoms with van der Waals surface area (Å²) in [6.07, 6.45) is 5.65. The summed E-state index contributed by atoms with van der Waals surface area (Å²) in [5.74, 6) is 0.969. The van der Waals surface area contributed by atoms with E-state index in [1.54, 1.807) is 24.0 Å². The second kappa shape index (κ2) is 4.31. The van der Waals surface area contributed by atoms with Gasteiger partial charge >= 0.3 is 0 Å². The second-order valence-corrected chi connectivity index (χ2v) is 5.49. The molecule has 1 N–H and O–H groups in total. The van der Waals surface area contributed by atoms with Crippen LogP contribution in [0.1, 0.15) is 24.4 Å². The van der Waals surface area contributed by atoms with E-state index in [0.29, 0.717) is 6.04 Å². The second-order valence-electron chi connectivity index (χ2n) is 4.71. The monoisotopic (exact) mass is 271 g/mol. The summed E-state index contributed by atoms with van der Waals surface area (Å²) in [5, 5.41) is 4.37. The highest BCUT2D eigenvalue weighted by Gasteiger charge is 2.29. The lowest BCUT2D eigenvalue weighted by atomic mass is 10.1. The van der Waals surface area contributed by atoms with E-state index in [9.17, 15) is 0 Å². The third-order valence-electron chi connectivity index (χ3n) is 3.66. The van der Waals surface area contributed by atoms with Crippen LogP contribution >= 0.6 is 11.3 Å². The highest BCUT2D eigenvalue weighted by Crippen LogP contribution is 2.37. The summed E-state index contributed by atoms with van der Waals surface area (Å²) in [6.45, 7) is 1.03. The van der Waals surface area contributed by atoms with E-state index in [0.717, 1.165) is 23.5 Å². The van der Waals surface area contributed by atoms with Gasteiger partial charge in [-0.2, -0.15) is 11.3 Å². The molecule has 0 aliphatic carbocycles. The van der Waals surface area contributed by atoms with Gasteiger partial charge in [-0.1, -0.05) is 0 Å². The molecule has 0 aromatic carbocycles. The standard InChI is InChI=1S/C13H13N5S/c1-2-10(9-3-5-19-6-9)18(4-1)13-11-12(15-7-14-11)16-8-17-13/h3,5-8,10H,1-2,4H2,(H,14,15,16,17)/t10-/m1/s1. The number of aromatic nitrogens is 4. The number of hydrogen-bond donors (Lipinski definition) is 1. The first-order valence-electron chi connectivity index (χ1n) is 6.36. The zero-order valence-electron chi connectivity index (χ0n) is 10.3. The largest absolute Gasteiger partial charge is 0.348 e. The number of thiophene rings is 1. The Bertz CT molecular complexity index is 690. The van der Waals surface area contributed by atoms with E-state index in [2.05, 4.69) is 41.7 Å². The quantitative estimate of drug-likeness (QED) is 0.778. The maximum absolute atomic E-state index is 4.47. The van der Waals surface area contributed by atoms with Crippen LogP contribution in [0.3, 0.4) is 0 Å². The maximum atomic E-state index is 4.47. The number of hydrogen-bond acceptors (Lipinski definition) is 5.